The van der Waals surface area contributed by atoms with E-state index >= 15 is 0 Å². The zero-order valence-corrected chi connectivity index (χ0v) is 10.4. The topological polar surface area (TPSA) is 93.6 Å². The van der Waals surface area contributed by atoms with Gasteiger partial charge in [0.2, 0.25) is 11.6 Å². The van der Waals surface area contributed by atoms with Gasteiger partial charge in [0.25, 0.3) is 0 Å². The number of Topliss-reactive ketones (excluding diaryl/α,β-unsaturated/α-hetero) is 2. The van der Waals surface area contributed by atoms with Crippen molar-refractivity contribution in [2.75, 3.05) is 0 Å². The van der Waals surface area contributed by atoms with Crippen molar-refractivity contribution in [3.63, 3.8) is 0 Å². The van der Waals surface area contributed by atoms with Gasteiger partial charge in [-0.25, -0.2) is 0 Å². The summed E-state index contributed by atoms with van der Waals surface area (Å²) in [6, 6.07) is 1.44. The molecule has 0 saturated carbocycles. The van der Waals surface area contributed by atoms with Crippen molar-refractivity contribution in [3.8, 4) is 0 Å². The van der Waals surface area contributed by atoms with Crippen molar-refractivity contribution in [3.05, 3.63) is 34.7 Å². The second-order valence-electron chi connectivity index (χ2n) is 4.09. The van der Waals surface area contributed by atoms with Gasteiger partial charge in [0.05, 0.1) is 11.3 Å². The summed E-state index contributed by atoms with van der Waals surface area (Å²) in [4.78, 5) is 38.4. The van der Waals surface area contributed by atoms with E-state index in [0.717, 1.165) is 0 Å². The molecule has 0 unspecified atom stereocenters. The van der Waals surface area contributed by atoms with Gasteiger partial charge in [0.1, 0.15) is 12.4 Å². The molecule has 1 heterocycles. The number of aliphatic hydroxyl groups excluding tert-OH is 1. The molecule has 19 heavy (non-hydrogen) atoms. The fraction of sp³-hybridized carbons (Fsp3) is 0.231. The van der Waals surface area contributed by atoms with Crippen molar-refractivity contribution in [2.24, 2.45) is 0 Å². The average Bonchev–Trinajstić information content (AvgIpc) is 2.39. The van der Waals surface area contributed by atoms with E-state index in [-0.39, 0.29) is 34.8 Å². The number of ether oxygens (including phenoxy) is 1. The fourth-order valence-electron chi connectivity index (χ4n) is 1.83. The molecular weight excluding hydrogens is 250 g/mol. The number of aliphatic hydroxyl groups is 1. The molecule has 1 N–H and O–H groups in total. The number of hydrogen-bond donors (Lipinski definition) is 1. The molecule has 0 aliphatic heterocycles. The molecule has 2 rings (SSSR count). The lowest BCUT2D eigenvalue weighted by atomic mass is 9.88. The molecule has 0 bridgehead atoms. The lowest BCUT2D eigenvalue weighted by Gasteiger charge is -2.17. The zero-order valence-electron chi connectivity index (χ0n) is 10.4. The van der Waals surface area contributed by atoms with Crippen LogP contribution in [0.5, 0.6) is 0 Å². The molecule has 1 aromatic rings. The van der Waals surface area contributed by atoms with Crippen molar-refractivity contribution in [1.29, 1.82) is 0 Å². The minimum atomic E-state index is -0.776. The summed E-state index contributed by atoms with van der Waals surface area (Å²) in [5.74, 6) is -2.29. The Labute approximate surface area is 108 Å². The molecule has 0 atom stereocenters. The number of allylic oxidation sites excluding steroid dienone is 1. The number of pyridine rings is 1. The molecule has 0 radical (unpaired) electrons. The lowest BCUT2D eigenvalue weighted by Crippen LogP contribution is -2.25. The van der Waals surface area contributed by atoms with Crippen LogP contribution < -0.4 is 0 Å². The first-order valence-corrected chi connectivity index (χ1v) is 5.54. The van der Waals surface area contributed by atoms with Crippen molar-refractivity contribution in [1.82, 2.24) is 4.98 Å². The second-order valence-corrected chi connectivity index (χ2v) is 4.09. The van der Waals surface area contributed by atoms with E-state index in [1.54, 1.807) is 0 Å². The summed E-state index contributed by atoms with van der Waals surface area (Å²) < 4.78 is 4.78. The van der Waals surface area contributed by atoms with Crippen LogP contribution in [0, 0.1) is 0 Å². The van der Waals surface area contributed by atoms with Gasteiger partial charge in [0, 0.05) is 24.3 Å². The minimum Gasteiger partial charge on any atom is -0.507 e. The van der Waals surface area contributed by atoms with Crippen LogP contribution in [0.25, 0.3) is 5.76 Å². The molecule has 98 valence electrons. The normalized spacial score (nSPS) is 14.4. The highest BCUT2D eigenvalue weighted by Gasteiger charge is 2.33. The Morgan fingerprint density at radius 2 is 2.05 bits per heavy atom. The van der Waals surface area contributed by atoms with Crippen molar-refractivity contribution >= 4 is 23.3 Å². The number of carbonyl (C=O) groups is 3. The van der Waals surface area contributed by atoms with Crippen LogP contribution in [-0.4, -0.2) is 27.6 Å². The number of hydrogen-bond acceptors (Lipinski definition) is 6. The molecule has 1 aromatic heterocycles. The molecule has 6 heteroatoms. The van der Waals surface area contributed by atoms with E-state index in [4.69, 9.17) is 4.74 Å². The van der Waals surface area contributed by atoms with E-state index in [2.05, 4.69) is 4.98 Å². The molecule has 0 saturated heterocycles. The largest absolute Gasteiger partial charge is 0.507 e. The van der Waals surface area contributed by atoms with E-state index in [0.29, 0.717) is 0 Å². The van der Waals surface area contributed by atoms with Gasteiger partial charge >= 0.3 is 5.97 Å². The minimum absolute atomic E-state index is 0.00198. The third kappa shape index (κ3) is 2.12. The van der Waals surface area contributed by atoms with Crippen LogP contribution in [0.3, 0.4) is 0 Å². The van der Waals surface area contributed by atoms with Crippen molar-refractivity contribution in [2.45, 2.75) is 20.5 Å². The van der Waals surface area contributed by atoms with Gasteiger partial charge in [-0.1, -0.05) is 0 Å². The summed E-state index contributed by atoms with van der Waals surface area (Å²) in [6.45, 7) is 2.39. The highest BCUT2D eigenvalue weighted by atomic mass is 16.5. The molecule has 0 aromatic carbocycles. The summed E-state index contributed by atoms with van der Waals surface area (Å²) in [5.41, 5.74) is 0.392. The first-order valence-electron chi connectivity index (χ1n) is 5.54. The Balaban J connectivity index is 2.56. The molecule has 0 amide bonds. The van der Waals surface area contributed by atoms with Crippen LogP contribution in [0.1, 0.15) is 35.5 Å². The van der Waals surface area contributed by atoms with Gasteiger partial charge in [-0.15, -0.1) is 0 Å². The molecule has 0 spiro atoms. The third-order valence-corrected chi connectivity index (χ3v) is 2.83. The first-order chi connectivity index (χ1) is 8.93. The predicted molar refractivity (Wildman–Crippen MR) is 64.3 cm³/mol. The molecule has 6 nitrogen and oxygen atoms in total. The molecule has 1 aliphatic rings. The number of nitrogens with zero attached hydrogens (tertiary/aromatic N) is 1. The Bertz CT molecular complexity index is 630. The Morgan fingerprint density at radius 1 is 1.37 bits per heavy atom. The van der Waals surface area contributed by atoms with E-state index in [1.165, 1.54) is 26.1 Å². The number of aromatic nitrogens is 1. The summed E-state index contributed by atoms with van der Waals surface area (Å²) >= 11 is 0. The van der Waals surface area contributed by atoms with Crippen LogP contribution in [0.15, 0.2) is 17.8 Å². The van der Waals surface area contributed by atoms with Gasteiger partial charge in [-0.2, -0.15) is 0 Å². The van der Waals surface area contributed by atoms with Gasteiger partial charge in [-0.3, -0.25) is 19.4 Å². The third-order valence-electron chi connectivity index (χ3n) is 2.83. The average molecular weight is 261 g/mol. The maximum Gasteiger partial charge on any atom is 0.303 e. The van der Waals surface area contributed by atoms with Crippen molar-refractivity contribution < 1.29 is 24.2 Å². The highest BCUT2D eigenvalue weighted by molar-refractivity contribution is 6.52. The van der Waals surface area contributed by atoms with E-state index in [1.807, 2.05) is 0 Å². The van der Waals surface area contributed by atoms with Crippen LogP contribution in [0.4, 0.5) is 0 Å². The summed E-state index contributed by atoms with van der Waals surface area (Å²) in [5, 5.41) is 9.89. The van der Waals surface area contributed by atoms with Crippen LogP contribution >= 0.6 is 0 Å². The zero-order chi connectivity index (χ0) is 14.2. The number of carbonyl (C=O) groups excluding carboxylic acids is 3. The standard InChI is InChI=1S/C13H11NO5/c1-6-11(16)8-3-4-14-9(5-19-7(2)15)10(8)13(18)12(6)17/h3-4,16H,5H2,1-2H3. The SMILES string of the molecule is CC(=O)OCc1nccc2c1C(=O)C(=O)C(C)=C2O. The van der Waals surface area contributed by atoms with Gasteiger partial charge in [0.15, 0.2) is 0 Å². The number of fused-ring (bicyclic) bond motifs is 1. The fourth-order valence-corrected chi connectivity index (χ4v) is 1.83. The number of esters is 1. The highest BCUT2D eigenvalue weighted by Crippen LogP contribution is 2.29. The summed E-state index contributed by atoms with van der Waals surface area (Å²) in [7, 11) is 0. The first kappa shape index (κ1) is 12.9. The Hall–Kier alpha value is -2.50. The van der Waals surface area contributed by atoms with E-state index in [9.17, 15) is 19.5 Å². The Morgan fingerprint density at radius 3 is 2.68 bits per heavy atom. The second kappa shape index (κ2) is 4.64. The van der Waals surface area contributed by atoms with E-state index < -0.39 is 17.5 Å². The summed E-state index contributed by atoms with van der Waals surface area (Å²) in [6.07, 6.45) is 1.38. The van der Waals surface area contributed by atoms with Crippen LogP contribution in [0.2, 0.25) is 0 Å². The molecular formula is C13H11NO5. The number of rotatable bonds is 2. The van der Waals surface area contributed by atoms with Crippen LogP contribution in [-0.2, 0) is 20.9 Å². The predicted octanol–water partition coefficient (Wildman–Crippen LogP) is 1.20. The Kier molecular flexibility index (Phi) is 3.16. The quantitative estimate of drug-likeness (QED) is 0.635. The maximum absolute atomic E-state index is 12.0. The van der Waals surface area contributed by atoms with Gasteiger partial charge < -0.3 is 9.84 Å². The molecule has 0 fully saturated rings. The van der Waals surface area contributed by atoms with Gasteiger partial charge in [-0.05, 0) is 13.0 Å². The lowest BCUT2D eigenvalue weighted by molar-refractivity contribution is -0.142. The monoisotopic (exact) mass is 261 g/mol. The number of ketones is 2. The smallest absolute Gasteiger partial charge is 0.303 e. The molecule has 1 aliphatic carbocycles. The maximum atomic E-state index is 12.0.